The third kappa shape index (κ3) is 3.97. The standard InChI is InChI=1S/C22H16Cl3N3O2/c1-12-7-15(13(2)28(12)19-10-17(24)3-5-18(19)25)11-26-27-22(29)21-9-14-8-16(23)4-6-20(14)30-21/h3-11H,1-2H3,(H,27,29)/b26-11+. The van der Waals surface area contributed by atoms with Crippen molar-refractivity contribution in [3.8, 4) is 5.69 Å². The van der Waals surface area contributed by atoms with E-state index in [1.165, 1.54) is 0 Å². The van der Waals surface area contributed by atoms with Gasteiger partial charge in [-0.1, -0.05) is 34.8 Å². The zero-order chi connectivity index (χ0) is 21.4. The Bertz CT molecular complexity index is 1300. The predicted octanol–water partition coefficient (Wildman–Crippen LogP) is 6.56. The number of rotatable bonds is 4. The maximum atomic E-state index is 12.4. The summed E-state index contributed by atoms with van der Waals surface area (Å²) in [7, 11) is 0. The van der Waals surface area contributed by atoms with Crippen LogP contribution in [0.5, 0.6) is 0 Å². The van der Waals surface area contributed by atoms with Crippen LogP contribution in [-0.2, 0) is 0 Å². The number of carbonyl (C=O) groups is 1. The molecule has 0 saturated carbocycles. The Labute approximate surface area is 187 Å². The number of nitrogens with zero attached hydrogens (tertiary/aromatic N) is 2. The van der Waals surface area contributed by atoms with Crippen LogP contribution in [0.25, 0.3) is 16.7 Å². The monoisotopic (exact) mass is 459 g/mol. The Balaban J connectivity index is 1.55. The topological polar surface area (TPSA) is 59.5 Å². The Kier molecular flexibility index (Phi) is 5.60. The van der Waals surface area contributed by atoms with Crippen LogP contribution in [0.4, 0.5) is 0 Å². The highest BCUT2D eigenvalue weighted by Crippen LogP contribution is 2.28. The van der Waals surface area contributed by atoms with Gasteiger partial charge in [0.05, 0.1) is 16.9 Å². The number of hydrazone groups is 1. The van der Waals surface area contributed by atoms with E-state index in [9.17, 15) is 4.79 Å². The number of furan rings is 1. The largest absolute Gasteiger partial charge is 0.451 e. The van der Waals surface area contributed by atoms with Gasteiger partial charge < -0.3 is 8.98 Å². The van der Waals surface area contributed by atoms with Gasteiger partial charge in [0.15, 0.2) is 5.76 Å². The predicted molar refractivity (Wildman–Crippen MR) is 122 cm³/mol. The highest BCUT2D eigenvalue weighted by molar-refractivity contribution is 6.34. The van der Waals surface area contributed by atoms with Gasteiger partial charge in [0.25, 0.3) is 0 Å². The Morgan fingerprint density at radius 3 is 2.57 bits per heavy atom. The molecule has 152 valence electrons. The SMILES string of the molecule is Cc1cc(/C=N/NC(=O)c2cc3cc(Cl)ccc3o2)c(C)n1-c1cc(Cl)ccc1Cl. The van der Waals surface area contributed by atoms with E-state index in [0.717, 1.165) is 28.0 Å². The molecule has 0 aliphatic heterocycles. The molecule has 2 aromatic heterocycles. The lowest BCUT2D eigenvalue weighted by Crippen LogP contribution is -2.16. The third-order valence-electron chi connectivity index (χ3n) is 4.69. The molecule has 0 aliphatic carbocycles. The molecule has 0 unspecified atom stereocenters. The zero-order valence-electron chi connectivity index (χ0n) is 16.0. The number of carbonyl (C=O) groups excluding carboxylic acids is 1. The van der Waals surface area contributed by atoms with E-state index < -0.39 is 5.91 Å². The first kappa shape index (κ1) is 20.5. The van der Waals surface area contributed by atoms with Gasteiger partial charge in [-0.05, 0) is 62.4 Å². The van der Waals surface area contributed by atoms with Crippen LogP contribution < -0.4 is 5.43 Å². The van der Waals surface area contributed by atoms with E-state index in [1.807, 2.05) is 24.5 Å². The summed E-state index contributed by atoms with van der Waals surface area (Å²) in [6.45, 7) is 3.90. The highest BCUT2D eigenvalue weighted by atomic mass is 35.5. The summed E-state index contributed by atoms with van der Waals surface area (Å²) in [6.07, 6.45) is 1.58. The molecule has 0 spiro atoms. The van der Waals surface area contributed by atoms with Gasteiger partial charge in [0, 0.05) is 32.4 Å². The van der Waals surface area contributed by atoms with Crippen molar-refractivity contribution in [1.82, 2.24) is 9.99 Å². The lowest BCUT2D eigenvalue weighted by atomic mass is 10.2. The minimum atomic E-state index is -0.453. The lowest BCUT2D eigenvalue weighted by molar-refractivity contribution is 0.0929. The maximum absolute atomic E-state index is 12.4. The first-order valence-electron chi connectivity index (χ1n) is 9.00. The molecule has 2 aromatic carbocycles. The van der Waals surface area contributed by atoms with E-state index in [2.05, 4.69) is 10.5 Å². The molecule has 1 N–H and O–H groups in total. The number of aryl methyl sites for hydroxylation is 1. The normalized spacial score (nSPS) is 11.5. The molecule has 0 aliphatic rings. The van der Waals surface area contributed by atoms with Gasteiger partial charge in [0.1, 0.15) is 5.58 Å². The minimum Gasteiger partial charge on any atom is -0.451 e. The number of benzene rings is 2. The second kappa shape index (κ2) is 8.19. The fraction of sp³-hybridized carbons (Fsp3) is 0.0909. The van der Waals surface area contributed by atoms with Crippen molar-refractivity contribution >= 4 is 57.9 Å². The van der Waals surface area contributed by atoms with Gasteiger partial charge in [-0.15, -0.1) is 0 Å². The number of nitrogens with one attached hydrogen (secondary N) is 1. The molecule has 5 nitrogen and oxygen atoms in total. The van der Waals surface area contributed by atoms with Crippen molar-refractivity contribution in [1.29, 1.82) is 0 Å². The Hall–Kier alpha value is -2.73. The van der Waals surface area contributed by atoms with Gasteiger partial charge in [0.2, 0.25) is 0 Å². The van der Waals surface area contributed by atoms with E-state index >= 15 is 0 Å². The molecule has 2 heterocycles. The van der Waals surface area contributed by atoms with E-state index in [-0.39, 0.29) is 5.76 Å². The van der Waals surface area contributed by atoms with Gasteiger partial charge in [-0.2, -0.15) is 5.10 Å². The minimum absolute atomic E-state index is 0.153. The summed E-state index contributed by atoms with van der Waals surface area (Å²) >= 11 is 18.5. The second-order valence-corrected chi connectivity index (χ2v) is 8.03. The van der Waals surface area contributed by atoms with Crippen LogP contribution in [0.1, 0.15) is 27.5 Å². The molecule has 30 heavy (non-hydrogen) atoms. The van der Waals surface area contributed by atoms with Crippen molar-refractivity contribution in [2.75, 3.05) is 0 Å². The quantitative estimate of drug-likeness (QED) is 0.277. The lowest BCUT2D eigenvalue weighted by Gasteiger charge is -2.12. The van der Waals surface area contributed by atoms with Gasteiger partial charge in [-0.3, -0.25) is 4.79 Å². The van der Waals surface area contributed by atoms with E-state index in [4.69, 9.17) is 39.2 Å². The summed E-state index contributed by atoms with van der Waals surface area (Å²) in [6, 6.07) is 14.0. The van der Waals surface area contributed by atoms with Crippen LogP contribution in [0.2, 0.25) is 15.1 Å². The van der Waals surface area contributed by atoms with Crippen LogP contribution in [0.15, 0.2) is 58.0 Å². The average molecular weight is 461 g/mol. The van der Waals surface area contributed by atoms with E-state index in [1.54, 1.807) is 48.7 Å². The molecule has 0 bridgehead atoms. The van der Waals surface area contributed by atoms with Crippen molar-refractivity contribution in [3.63, 3.8) is 0 Å². The number of fused-ring (bicyclic) bond motifs is 1. The smallest absolute Gasteiger partial charge is 0.307 e. The molecular weight excluding hydrogens is 445 g/mol. The van der Waals surface area contributed by atoms with Crippen LogP contribution in [0, 0.1) is 13.8 Å². The van der Waals surface area contributed by atoms with Crippen molar-refractivity contribution in [2.24, 2.45) is 5.10 Å². The third-order valence-corrected chi connectivity index (χ3v) is 5.48. The highest BCUT2D eigenvalue weighted by Gasteiger charge is 2.14. The molecule has 0 radical (unpaired) electrons. The Morgan fingerprint density at radius 1 is 1.03 bits per heavy atom. The molecule has 0 saturated heterocycles. The molecule has 4 rings (SSSR count). The number of amides is 1. The molecular formula is C22H16Cl3N3O2. The number of hydrogen-bond donors (Lipinski definition) is 1. The van der Waals surface area contributed by atoms with Crippen LogP contribution in [-0.4, -0.2) is 16.7 Å². The number of halogens is 3. The zero-order valence-corrected chi connectivity index (χ0v) is 18.3. The summed E-state index contributed by atoms with van der Waals surface area (Å²) in [5.74, 6) is -0.300. The summed E-state index contributed by atoms with van der Waals surface area (Å²) in [5.41, 5.74) is 6.55. The molecule has 4 aromatic rings. The van der Waals surface area contributed by atoms with E-state index in [0.29, 0.717) is 20.7 Å². The van der Waals surface area contributed by atoms with Crippen molar-refractivity contribution in [2.45, 2.75) is 13.8 Å². The fourth-order valence-electron chi connectivity index (χ4n) is 3.29. The first-order valence-corrected chi connectivity index (χ1v) is 10.1. The second-order valence-electron chi connectivity index (χ2n) is 6.75. The molecule has 0 fully saturated rings. The fourth-order valence-corrected chi connectivity index (χ4v) is 3.84. The van der Waals surface area contributed by atoms with Crippen LogP contribution >= 0.6 is 34.8 Å². The molecule has 1 amide bonds. The average Bonchev–Trinajstić information content (AvgIpc) is 3.24. The van der Waals surface area contributed by atoms with Crippen molar-refractivity contribution < 1.29 is 9.21 Å². The Morgan fingerprint density at radius 2 is 1.77 bits per heavy atom. The summed E-state index contributed by atoms with van der Waals surface area (Å²) in [5, 5.41) is 6.57. The maximum Gasteiger partial charge on any atom is 0.307 e. The number of hydrogen-bond acceptors (Lipinski definition) is 3. The van der Waals surface area contributed by atoms with Crippen molar-refractivity contribution in [3.05, 3.63) is 86.3 Å². The summed E-state index contributed by atoms with van der Waals surface area (Å²) < 4.78 is 7.53. The summed E-state index contributed by atoms with van der Waals surface area (Å²) in [4.78, 5) is 12.4. The molecule has 0 atom stereocenters. The van der Waals surface area contributed by atoms with Gasteiger partial charge in [-0.25, -0.2) is 5.43 Å². The van der Waals surface area contributed by atoms with Crippen LogP contribution in [0.3, 0.4) is 0 Å². The first-order chi connectivity index (χ1) is 14.3. The van der Waals surface area contributed by atoms with Gasteiger partial charge >= 0.3 is 5.91 Å². The number of aromatic nitrogens is 1. The molecule has 8 heteroatoms.